The van der Waals surface area contributed by atoms with E-state index in [1.54, 1.807) is 0 Å². The molecule has 0 saturated heterocycles. The van der Waals surface area contributed by atoms with Crippen LogP contribution in [0, 0.1) is 0 Å². The molecule has 0 bridgehead atoms. The average molecular weight is 259 g/mol. The number of nitrogens with one attached hydrogen (secondary N) is 1. The lowest BCUT2D eigenvalue weighted by molar-refractivity contribution is 0.168. The molecule has 1 fully saturated rings. The van der Waals surface area contributed by atoms with Gasteiger partial charge in [-0.15, -0.1) is 0 Å². The lowest BCUT2D eigenvalue weighted by Crippen LogP contribution is -2.30. The zero-order valence-corrected chi connectivity index (χ0v) is 11.3. The first-order valence-electron chi connectivity index (χ1n) is 7.13. The first kappa shape index (κ1) is 12.6. The van der Waals surface area contributed by atoms with Crippen molar-refractivity contribution in [1.29, 1.82) is 0 Å². The molecule has 1 aliphatic carbocycles. The van der Waals surface area contributed by atoms with E-state index in [0.29, 0.717) is 19.0 Å². The third-order valence-electron chi connectivity index (χ3n) is 3.69. The van der Waals surface area contributed by atoms with Crippen molar-refractivity contribution in [1.82, 2.24) is 14.9 Å². The molecule has 2 aromatic rings. The van der Waals surface area contributed by atoms with Crippen LogP contribution < -0.4 is 5.32 Å². The van der Waals surface area contributed by atoms with Gasteiger partial charge in [0, 0.05) is 25.6 Å². The van der Waals surface area contributed by atoms with Crippen LogP contribution >= 0.6 is 0 Å². The molecule has 102 valence electrons. The predicted octanol–water partition coefficient (Wildman–Crippen LogP) is 1.71. The van der Waals surface area contributed by atoms with Gasteiger partial charge in [0.1, 0.15) is 5.82 Å². The molecule has 0 spiro atoms. The quantitative estimate of drug-likeness (QED) is 0.830. The summed E-state index contributed by atoms with van der Waals surface area (Å²) in [5.41, 5.74) is 2.17. The van der Waals surface area contributed by atoms with Crippen molar-refractivity contribution in [2.75, 3.05) is 6.54 Å². The molecule has 0 radical (unpaired) electrons. The largest absolute Gasteiger partial charge is 0.391 e. The number of hydrogen-bond donors (Lipinski definition) is 2. The summed E-state index contributed by atoms with van der Waals surface area (Å²) >= 11 is 0. The Labute approximate surface area is 113 Å². The predicted molar refractivity (Wildman–Crippen MR) is 76.1 cm³/mol. The van der Waals surface area contributed by atoms with Crippen LogP contribution in [0.1, 0.15) is 25.6 Å². The van der Waals surface area contributed by atoms with Gasteiger partial charge in [0.05, 0.1) is 17.1 Å². The summed E-state index contributed by atoms with van der Waals surface area (Å²) in [6, 6.07) is 8.79. The number of hydrogen-bond acceptors (Lipinski definition) is 3. The van der Waals surface area contributed by atoms with Crippen LogP contribution in [0.5, 0.6) is 0 Å². The lowest BCUT2D eigenvalue weighted by atomic mass is 10.2. The van der Waals surface area contributed by atoms with Crippen LogP contribution in [0.2, 0.25) is 0 Å². The summed E-state index contributed by atoms with van der Waals surface area (Å²) in [6.07, 6.45) is 2.76. The number of aliphatic hydroxyl groups excluding tert-OH is 1. The molecular weight excluding hydrogens is 238 g/mol. The van der Waals surface area contributed by atoms with Crippen molar-refractivity contribution < 1.29 is 5.11 Å². The highest BCUT2D eigenvalue weighted by atomic mass is 16.3. The molecule has 0 aliphatic heterocycles. The first-order valence-corrected chi connectivity index (χ1v) is 7.13. The zero-order valence-electron chi connectivity index (χ0n) is 11.3. The second-order valence-corrected chi connectivity index (χ2v) is 5.30. The molecule has 3 rings (SSSR count). The molecule has 4 nitrogen and oxygen atoms in total. The molecular formula is C15H21N3O. The number of imidazole rings is 1. The van der Waals surface area contributed by atoms with E-state index in [4.69, 9.17) is 0 Å². The van der Waals surface area contributed by atoms with Crippen LogP contribution in [0.4, 0.5) is 0 Å². The maximum absolute atomic E-state index is 10.1. The monoisotopic (exact) mass is 259 g/mol. The molecule has 1 aromatic carbocycles. The fraction of sp³-hybridized carbons (Fsp3) is 0.533. The van der Waals surface area contributed by atoms with Gasteiger partial charge in [0.15, 0.2) is 0 Å². The normalized spacial score (nSPS) is 16.9. The third kappa shape index (κ3) is 2.80. The van der Waals surface area contributed by atoms with Crippen molar-refractivity contribution in [2.45, 2.75) is 44.9 Å². The minimum absolute atomic E-state index is 0.359. The van der Waals surface area contributed by atoms with Crippen LogP contribution in [-0.2, 0) is 13.0 Å². The van der Waals surface area contributed by atoms with Crippen molar-refractivity contribution in [2.24, 2.45) is 0 Å². The molecule has 1 unspecified atom stereocenters. The van der Waals surface area contributed by atoms with Gasteiger partial charge in [-0.1, -0.05) is 12.1 Å². The first-order chi connectivity index (χ1) is 9.28. The minimum atomic E-state index is -0.359. The van der Waals surface area contributed by atoms with E-state index in [2.05, 4.69) is 27.9 Å². The SMILES string of the molecule is CCn1c(CC(O)CNC2CC2)nc2ccccc21. The second kappa shape index (κ2) is 5.31. The average Bonchev–Trinajstić information content (AvgIpc) is 3.17. The Morgan fingerprint density at radius 3 is 2.95 bits per heavy atom. The molecule has 0 amide bonds. The number of aromatic nitrogens is 2. The third-order valence-corrected chi connectivity index (χ3v) is 3.69. The van der Waals surface area contributed by atoms with E-state index in [0.717, 1.165) is 23.4 Å². The highest BCUT2D eigenvalue weighted by Gasteiger charge is 2.22. The van der Waals surface area contributed by atoms with Gasteiger partial charge in [-0.05, 0) is 31.9 Å². The number of aliphatic hydroxyl groups is 1. The van der Waals surface area contributed by atoms with Gasteiger partial charge in [-0.3, -0.25) is 0 Å². The fourth-order valence-electron chi connectivity index (χ4n) is 2.51. The molecule has 19 heavy (non-hydrogen) atoms. The van der Waals surface area contributed by atoms with E-state index in [1.165, 1.54) is 12.8 Å². The number of aryl methyl sites for hydroxylation is 1. The number of nitrogens with zero attached hydrogens (tertiary/aromatic N) is 2. The fourth-order valence-corrected chi connectivity index (χ4v) is 2.51. The van der Waals surface area contributed by atoms with Gasteiger partial charge >= 0.3 is 0 Å². The Bertz CT molecular complexity index is 560. The Balaban J connectivity index is 1.75. The highest BCUT2D eigenvalue weighted by Crippen LogP contribution is 2.19. The summed E-state index contributed by atoms with van der Waals surface area (Å²) in [6.45, 7) is 3.67. The lowest BCUT2D eigenvalue weighted by Gasteiger charge is -2.12. The molecule has 4 heteroatoms. The summed E-state index contributed by atoms with van der Waals surface area (Å²) in [7, 11) is 0. The summed E-state index contributed by atoms with van der Waals surface area (Å²) in [4.78, 5) is 4.64. The van der Waals surface area contributed by atoms with E-state index >= 15 is 0 Å². The van der Waals surface area contributed by atoms with E-state index < -0.39 is 0 Å². The molecule has 1 aromatic heterocycles. The number of fused-ring (bicyclic) bond motifs is 1. The Morgan fingerprint density at radius 1 is 1.42 bits per heavy atom. The molecule has 1 atom stereocenters. The van der Waals surface area contributed by atoms with Gasteiger partial charge in [-0.2, -0.15) is 0 Å². The maximum atomic E-state index is 10.1. The smallest absolute Gasteiger partial charge is 0.112 e. The van der Waals surface area contributed by atoms with Crippen molar-refractivity contribution in [3.8, 4) is 0 Å². The Hall–Kier alpha value is -1.39. The van der Waals surface area contributed by atoms with Gasteiger partial charge in [0.25, 0.3) is 0 Å². The maximum Gasteiger partial charge on any atom is 0.112 e. The van der Waals surface area contributed by atoms with Crippen molar-refractivity contribution in [3.63, 3.8) is 0 Å². The highest BCUT2D eigenvalue weighted by molar-refractivity contribution is 5.75. The Morgan fingerprint density at radius 2 is 2.21 bits per heavy atom. The standard InChI is InChI=1S/C15H21N3O/c1-2-18-14-6-4-3-5-13(14)17-15(18)9-12(19)10-16-11-7-8-11/h3-6,11-12,16,19H,2,7-10H2,1H3. The van der Waals surface area contributed by atoms with Crippen LogP contribution in [-0.4, -0.2) is 33.3 Å². The zero-order chi connectivity index (χ0) is 13.2. The summed E-state index contributed by atoms with van der Waals surface area (Å²) in [5, 5.41) is 13.5. The van der Waals surface area contributed by atoms with Gasteiger partial charge < -0.3 is 15.0 Å². The minimum Gasteiger partial charge on any atom is -0.391 e. The van der Waals surface area contributed by atoms with Crippen LogP contribution in [0.15, 0.2) is 24.3 Å². The molecule has 1 aliphatic rings. The van der Waals surface area contributed by atoms with E-state index in [9.17, 15) is 5.11 Å². The van der Waals surface area contributed by atoms with Gasteiger partial charge in [-0.25, -0.2) is 4.98 Å². The van der Waals surface area contributed by atoms with Crippen LogP contribution in [0.3, 0.4) is 0 Å². The summed E-state index contributed by atoms with van der Waals surface area (Å²) in [5.74, 6) is 0.980. The number of benzene rings is 1. The van der Waals surface area contributed by atoms with Crippen molar-refractivity contribution in [3.05, 3.63) is 30.1 Å². The molecule has 1 heterocycles. The Kier molecular flexibility index (Phi) is 3.53. The molecule has 2 N–H and O–H groups in total. The van der Waals surface area contributed by atoms with Crippen LogP contribution in [0.25, 0.3) is 11.0 Å². The van der Waals surface area contributed by atoms with Gasteiger partial charge in [0.2, 0.25) is 0 Å². The number of para-hydroxylation sites is 2. The number of rotatable bonds is 6. The molecule has 1 saturated carbocycles. The summed E-state index contributed by atoms with van der Waals surface area (Å²) < 4.78 is 2.19. The topological polar surface area (TPSA) is 50.1 Å². The van der Waals surface area contributed by atoms with E-state index in [-0.39, 0.29) is 6.10 Å². The van der Waals surface area contributed by atoms with Crippen molar-refractivity contribution >= 4 is 11.0 Å². The second-order valence-electron chi connectivity index (χ2n) is 5.30. The van der Waals surface area contributed by atoms with E-state index in [1.807, 2.05) is 18.2 Å².